The highest BCUT2D eigenvalue weighted by molar-refractivity contribution is 5.91. The smallest absolute Gasteiger partial charge is 0.319 e. The number of hydrogen-bond donors (Lipinski definition) is 4. The quantitative estimate of drug-likeness (QED) is 0.439. The van der Waals surface area contributed by atoms with E-state index in [9.17, 15) is 9.90 Å². The van der Waals surface area contributed by atoms with Crippen LogP contribution >= 0.6 is 0 Å². The fourth-order valence-electron chi connectivity index (χ4n) is 4.56. The predicted molar refractivity (Wildman–Crippen MR) is 134 cm³/mol. The van der Waals surface area contributed by atoms with Crippen molar-refractivity contribution in [1.29, 1.82) is 0 Å². The number of nitrogens with zero attached hydrogens (tertiary/aromatic N) is 2. The van der Waals surface area contributed by atoms with Crippen molar-refractivity contribution in [3.8, 4) is 0 Å². The summed E-state index contributed by atoms with van der Waals surface area (Å²) in [5, 5.41) is 17.0. The number of piperidine rings is 1. The van der Waals surface area contributed by atoms with E-state index in [4.69, 9.17) is 5.73 Å². The highest BCUT2D eigenvalue weighted by Crippen LogP contribution is 2.28. The first-order valence-corrected chi connectivity index (χ1v) is 12.2. The number of urea groups is 1. The highest BCUT2D eigenvalue weighted by atomic mass is 16.3. The molecule has 2 amide bonds. The zero-order valence-electron chi connectivity index (χ0n) is 20.1. The van der Waals surface area contributed by atoms with Crippen LogP contribution in [0.3, 0.4) is 0 Å². The minimum atomic E-state index is -0.644. The van der Waals surface area contributed by atoms with Gasteiger partial charge in [0.25, 0.3) is 0 Å². The summed E-state index contributed by atoms with van der Waals surface area (Å²) in [5.74, 6) is 0.489. The molecule has 0 radical (unpaired) electrons. The minimum absolute atomic E-state index is 0.215. The molecule has 3 rings (SSSR count). The summed E-state index contributed by atoms with van der Waals surface area (Å²) in [6.07, 6.45) is 7.49. The average Bonchev–Trinajstić information content (AvgIpc) is 2.80. The number of rotatable bonds is 10. The topological polar surface area (TPSA) is 104 Å². The number of benzene rings is 1. The lowest BCUT2D eigenvalue weighted by Gasteiger charge is -2.38. The van der Waals surface area contributed by atoms with Crippen LogP contribution in [0.25, 0.3) is 0 Å². The van der Waals surface area contributed by atoms with Gasteiger partial charge in [0, 0.05) is 44.4 Å². The van der Waals surface area contributed by atoms with Crippen molar-refractivity contribution in [2.75, 3.05) is 37.2 Å². The van der Waals surface area contributed by atoms with Gasteiger partial charge in [-0.05, 0) is 36.8 Å². The number of nitrogens with two attached hydrogens (primary N) is 1. The van der Waals surface area contributed by atoms with Gasteiger partial charge in [-0.2, -0.15) is 0 Å². The minimum Gasteiger partial charge on any atom is -0.389 e. The zero-order valence-corrected chi connectivity index (χ0v) is 20.1. The Balaban J connectivity index is 1.47. The molecule has 33 heavy (non-hydrogen) atoms. The first-order chi connectivity index (χ1) is 15.9. The van der Waals surface area contributed by atoms with Crippen LogP contribution in [0.5, 0.6) is 0 Å². The largest absolute Gasteiger partial charge is 0.389 e. The lowest BCUT2D eigenvalue weighted by Crippen LogP contribution is -2.47. The van der Waals surface area contributed by atoms with Gasteiger partial charge in [-0.25, -0.2) is 9.78 Å². The Hall–Kier alpha value is -2.64. The van der Waals surface area contributed by atoms with E-state index in [0.717, 1.165) is 75.0 Å². The third kappa shape index (κ3) is 7.17. The molecule has 0 bridgehead atoms. The van der Waals surface area contributed by atoms with Gasteiger partial charge in [-0.1, -0.05) is 57.0 Å². The van der Waals surface area contributed by atoms with Gasteiger partial charge < -0.3 is 26.4 Å². The number of pyridine rings is 1. The molecule has 1 saturated heterocycles. The van der Waals surface area contributed by atoms with Crippen LogP contribution < -0.4 is 16.4 Å². The van der Waals surface area contributed by atoms with E-state index in [1.54, 1.807) is 6.20 Å². The number of aryl methyl sites for hydroxylation is 1. The molecule has 0 unspecified atom stereocenters. The second kappa shape index (κ2) is 12.0. The molecule has 7 nitrogen and oxygen atoms in total. The summed E-state index contributed by atoms with van der Waals surface area (Å²) in [4.78, 5) is 19.3. The molecular formula is C26H39N5O2. The van der Waals surface area contributed by atoms with Gasteiger partial charge in [0.15, 0.2) is 0 Å². The van der Waals surface area contributed by atoms with Crippen LogP contribution in [0, 0.1) is 0 Å². The fourth-order valence-corrected chi connectivity index (χ4v) is 4.56. The Bertz CT molecular complexity index is 895. The van der Waals surface area contributed by atoms with Gasteiger partial charge in [0.1, 0.15) is 5.82 Å². The first kappa shape index (κ1) is 25.0. The molecule has 1 aliphatic heterocycles. The number of anilines is 2. The Kier molecular flexibility index (Phi) is 9.09. The van der Waals surface area contributed by atoms with Crippen molar-refractivity contribution in [3.05, 3.63) is 53.2 Å². The van der Waals surface area contributed by atoms with Crippen molar-refractivity contribution >= 4 is 17.5 Å². The molecule has 7 heteroatoms. The van der Waals surface area contributed by atoms with Gasteiger partial charge in [0.05, 0.1) is 11.3 Å². The first-order valence-electron chi connectivity index (χ1n) is 12.2. The van der Waals surface area contributed by atoms with E-state index in [0.29, 0.717) is 18.8 Å². The molecule has 2 aromatic rings. The summed E-state index contributed by atoms with van der Waals surface area (Å²) in [5.41, 5.74) is 9.40. The van der Waals surface area contributed by atoms with Gasteiger partial charge >= 0.3 is 6.03 Å². The number of carbonyl (C=O) groups excluding carboxylic acids is 1. The van der Waals surface area contributed by atoms with Crippen LogP contribution in [0.4, 0.5) is 16.3 Å². The van der Waals surface area contributed by atoms with Crippen LogP contribution in [-0.2, 0) is 19.3 Å². The zero-order chi connectivity index (χ0) is 23.7. The molecule has 1 aromatic heterocycles. The Morgan fingerprint density at radius 3 is 2.52 bits per heavy atom. The molecule has 0 atom stereocenters. The summed E-state index contributed by atoms with van der Waals surface area (Å²) < 4.78 is 0. The normalized spacial score (nSPS) is 15.8. The molecule has 0 aliphatic carbocycles. The van der Waals surface area contributed by atoms with E-state index >= 15 is 0 Å². The summed E-state index contributed by atoms with van der Waals surface area (Å²) >= 11 is 0. The predicted octanol–water partition coefficient (Wildman–Crippen LogP) is 3.76. The molecular weight excluding hydrogens is 414 g/mol. The van der Waals surface area contributed by atoms with Crippen molar-refractivity contribution in [1.82, 2.24) is 15.2 Å². The molecule has 1 aliphatic rings. The van der Waals surface area contributed by atoms with Crippen molar-refractivity contribution in [2.24, 2.45) is 0 Å². The van der Waals surface area contributed by atoms with Crippen LogP contribution in [0.15, 0.2) is 36.5 Å². The molecule has 1 fully saturated rings. The average molecular weight is 454 g/mol. The Labute approximate surface area is 197 Å². The summed E-state index contributed by atoms with van der Waals surface area (Å²) in [6.45, 7) is 7.17. The van der Waals surface area contributed by atoms with E-state index in [1.807, 2.05) is 18.2 Å². The van der Waals surface area contributed by atoms with Crippen LogP contribution in [0.2, 0.25) is 0 Å². The number of amides is 2. The fraction of sp³-hybridized carbons (Fsp3) is 0.538. The van der Waals surface area contributed by atoms with E-state index in [2.05, 4.69) is 46.5 Å². The third-order valence-electron chi connectivity index (χ3n) is 6.43. The van der Waals surface area contributed by atoms with E-state index in [-0.39, 0.29) is 6.03 Å². The number of nitrogens with one attached hydrogen (secondary N) is 2. The molecule has 0 spiro atoms. The maximum atomic E-state index is 12.6. The number of aliphatic hydroxyl groups is 1. The molecule has 1 aromatic carbocycles. The van der Waals surface area contributed by atoms with Crippen molar-refractivity contribution in [3.63, 3.8) is 0 Å². The number of carbonyl (C=O) groups is 1. The van der Waals surface area contributed by atoms with Crippen molar-refractivity contribution in [2.45, 2.75) is 64.4 Å². The van der Waals surface area contributed by atoms with Crippen LogP contribution in [0.1, 0.15) is 56.2 Å². The van der Waals surface area contributed by atoms with E-state index in [1.165, 1.54) is 5.56 Å². The van der Waals surface area contributed by atoms with Crippen molar-refractivity contribution < 1.29 is 9.90 Å². The lowest BCUT2D eigenvalue weighted by molar-refractivity contribution is -0.0201. The molecule has 5 N–H and O–H groups in total. The van der Waals surface area contributed by atoms with Crippen LogP contribution in [-0.4, -0.2) is 52.8 Å². The summed E-state index contributed by atoms with van der Waals surface area (Å²) in [6, 6.07) is 9.95. The number of aromatic nitrogens is 1. The standard InChI is InChI=1S/C26H39N5O2/c1-3-8-21-19-29-24(27)22(9-4-2)23(21)30-25(32)28-14-17-31-15-12-26(33,13-16-31)18-20-10-6-5-7-11-20/h5-7,10-11,19,33H,3-4,8-9,12-18H2,1-2H3,(H4,27,28,29,30,32). The molecule has 2 heterocycles. The lowest BCUT2D eigenvalue weighted by atomic mass is 9.85. The Morgan fingerprint density at radius 1 is 1.15 bits per heavy atom. The SMILES string of the molecule is CCCc1cnc(N)c(CCC)c1NC(=O)NCCN1CCC(O)(Cc2ccccc2)CC1. The number of nitrogen functional groups attached to an aromatic ring is 1. The Morgan fingerprint density at radius 2 is 1.85 bits per heavy atom. The molecule has 0 saturated carbocycles. The maximum Gasteiger partial charge on any atom is 0.319 e. The highest BCUT2D eigenvalue weighted by Gasteiger charge is 2.32. The third-order valence-corrected chi connectivity index (χ3v) is 6.43. The van der Waals surface area contributed by atoms with Gasteiger partial charge in [0.2, 0.25) is 0 Å². The maximum absolute atomic E-state index is 12.6. The second-order valence-corrected chi connectivity index (χ2v) is 9.13. The van der Waals surface area contributed by atoms with Gasteiger partial charge in [-0.3, -0.25) is 0 Å². The monoisotopic (exact) mass is 453 g/mol. The van der Waals surface area contributed by atoms with E-state index < -0.39 is 5.60 Å². The molecule has 180 valence electrons. The second-order valence-electron chi connectivity index (χ2n) is 9.13. The van der Waals surface area contributed by atoms with Gasteiger partial charge in [-0.15, -0.1) is 0 Å². The number of likely N-dealkylation sites (tertiary alicyclic amines) is 1. The summed E-state index contributed by atoms with van der Waals surface area (Å²) in [7, 11) is 0. The number of hydrogen-bond acceptors (Lipinski definition) is 5.